The molecule has 0 unspecified atom stereocenters. The maximum Gasteiger partial charge on any atom is 0.417 e. The minimum absolute atomic E-state index is 0.0427. The molecular formula is C25H27F3N4O2. The zero-order valence-electron chi connectivity index (χ0n) is 18.7. The van der Waals surface area contributed by atoms with Crippen LogP contribution in [0.25, 0.3) is 0 Å². The minimum atomic E-state index is -4.62. The number of halogens is 3. The third-order valence-corrected chi connectivity index (χ3v) is 6.01. The molecule has 9 heteroatoms. The average molecular weight is 473 g/mol. The number of alkyl halides is 3. The summed E-state index contributed by atoms with van der Waals surface area (Å²) in [7, 11) is 0. The van der Waals surface area contributed by atoms with Gasteiger partial charge in [-0.2, -0.15) is 13.2 Å². The van der Waals surface area contributed by atoms with E-state index in [1.165, 1.54) is 48.6 Å². The maximum absolute atomic E-state index is 13.3. The minimum Gasteiger partial charge on any atom is -0.352 e. The lowest BCUT2D eigenvalue weighted by Crippen LogP contribution is -2.43. The highest BCUT2D eigenvalue weighted by Gasteiger charge is 2.36. The molecule has 34 heavy (non-hydrogen) atoms. The highest BCUT2D eigenvalue weighted by molar-refractivity contribution is 5.96. The Hall–Kier alpha value is -3.36. The van der Waals surface area contributed by atoms with Gasteiger partial charge in [0.05, 0.1) is 23.4 Å². The summed E-state index contributed by atoms with van der Waals surface area (Å²) in [4.78, 5) is 32.5. The maximum atomic E-state index is 13.3. The van der Waals surface area contributed by atoms with Crippen LogP contribution in [0.4, 0.5) is 19.0 Å². The van der Waals surface area contributed by atoms with Gasteiger partial charge in [-0.05, 0) is 42.7 Å². The van der Waals surface area contributed by atoms with Gasteiger partial charge in [-0.1, -0.05) is 37.8 Å². The van der Waals surface area contributed by atoms with Crippen molar-refractivity contribution >= 4 is 17.6 Å². The van der Waals surface area contributed by atoms with Gasteiger partial charge in [0.25, 0.3) is 11.8 Å². The number of amides is 2. The summed E-state index contributed by atoms with van der Waals surface area (Å²) < 4.78 is 40.0. The zero-order valence-corrected chi connectivity index (χ0v) is 18.7. The number of hydrogen-bond donors (Lipinski definition) is 1. The summed E-state index contributed by atoms with van der Waals surface area (Å²) >= 11 is 0. The quantitative estimate of drug-likeness (QED) is 0.558. The molecule has 0 atom stereocenters. The van der Waals surface area contributed by atoms with E-state index in [0.717, 1.165) is 24.8 Å². The van der Waals surface area contributed by atoms with Crippen molar-refractivity contribution in [2.45, 2.75) is 38.3 Å². The largest absolute Gasteiger partial charge is 0.417 e. The van der Waals surface area contributed by atoms with Gasteiger partial charge in [-0.25, -0.2) is 4.98 Å². The van der Waals surface area contributed by atoms with Crippen LogP contribution in [0.15, 0.2) is 54.9 Å². The number of nitrogens with zero attached hydrogens (tertiary/aromatic N) is 3. The molecule has 2 heterocycles. The van der Waals surface area contributed by atoms with E-state index in [4.69, 9.17) is 0 Å². The Balaban J connectivity index is 1.35. The lowest BCUT2D eigenvalue weighted by Gasteiger charge is -2.32. The second kappa shape index (κ2) is 10.3. The number of anilines is 1. The fourth-order valence-electron chi connectivity index (χ4n) is 3.93. The lowest BCUT2D eigenvalue weighted by atomic mass is 10.1. The van der Waals surface area contributed by atoms with Crippen molar-refractivity contribution < 1.29 is 22.8 Å². The second-order valence-electron chi connectivity index (χ2n) is 8.67. The van der Waals surface area contributed by atoms with Gasteiger partial charge >= 0.3 is 6.18 Å². The van der Waals surface area contributed by atoms with Crippen molar-refractivity contribution in [3.63, 3.8) is 0 Å². The van der Waals surface area contributed by atoms with Gasteiger partial charge in [0.15, 0.2) is 0 Å². The topological polar surface area (TPSA) is 65.5 Å². The Kier molecular flexibility index (Phi) is 7.19. The molecule has 1 saturated carbocycles. The fraction of sp³-hybridized carbons (Fsp3) is 0.400. The first-order valence-corrected chi connectivity index (χ1v) is 11.5. The van der Waals surface area contributed by atoms with E-state index in [1.54, 1.807) is 29.3 Å². The Morgan fingerprint density at radius 2 is 1.88 bits per heavy atom. The molecular weight excluding hydrogens is 445 g/mol. The summed E-state index contributed by atoms with van der Waals surface area (Å²) in [5.74, 6) is 0.473. The molecule has 1 N–H and O–H groups in total. The van der Waals surface area contributed by atoms with Crippen LogP contribution in [0.2, 0.25) is 0 Å². The molecule has 2 aromatic rings. The summed E-state index contributed by atoms with van der Waals surface area (Å²) in [6, 6.07) is 8.07. The molecule has 1 aliphatic heterocycles. The molecule has 1 aromatic heterocycles. The number of unbranched alkanes of at least 4 members (excludes halogenated alkanes) is 1. The Morgan fingerprint density at radius 1 is 1.09 bits per heavy atom. The first-order chi connectivity index (χ1) is 16.3. The van der Waals surface area contributed by atoms with Gasteiger partial charge in [-0.15, -0.1) is 0 Å². The number of aromatic nitrogens is 1. The van der Waals surface area contributed by atoms with Crippen LogP contribution in [-0.2, 0) is 6.18 Å². The molecule has 1 aromatic carbocycles. The van der Waals surface area contributed by atoms with Gasteiger partial charge in [0.1, 0.15) is 5.82 Å². The number of carbonyl (C=O) groups excluding carboxylic acids is 2. The molecule has 4 rings (SSSR count). The predicted octanol–water partition coefficient (Wildman–Crippen LogP) is 4.84. The standard InChI is InChI=1S/C25H27F3N4O2/c26-25(27,28)21-8-2-1-7-20(21)24(34)32-15-5-14-31(17-32)22-12-11-19(16-30-22)23(33)29-13-4-3-6-18-9-10-18/h1-2,5,7-8,11-12,14,16,18H,3-4,6,9-10,13,15,17H2,(H,29,33). The van der Waals surface area contributed by atoms with Crippen LogP contribution in [0.5, 0.6) is 0 Å². The predicted molar refractivity (Wildman–Crippen MR) is 122 cm³/mol. The van der Waals surface area contributed by atoms with Gasteiger partial charge in [-0.3, -0.25) is 9.59 Å². The van der Waals surface area contributed by atoms with E-state index in [-0.39, 0.29) is 24.7 Å². The van der Waals surface area contributed by atoms with E-state index in [1.807, 2.05) is 0 Å². The van der Waals surface area contributed by atoms with Crippen LogP contribution in [-0.4, -0.2) is 41.5 Å². The monoisotopic (exact) mass is 472 g/mol. The van der Waals surface area contributed by atoms with E-state index in [2.05, 4.69) is 10.3 Å². The average Bonchev–Trinajstić information content (AvgIpc) is 3.67. The van der Waals surface area contributed by atoms with Crippen molar-refractivity contribution in [2.75, 3.05) is 24.7 Å². The smallest absolute Gasteiger partial charge is 0.352 e. The van der Waals surface area contributed by atoms with Gasteiger partial charge in [0.2, 0.25) is 0 Å². The van der Waals surface area contributed by atoms with Crippen LogP contribution in [0.3, 0.4) is 0 Å². The van der Waals surface area contributed by atoms with Crippen LogP contribution in [0, 0.1) is 5.92 Å². The molecule has 0 bridgehead atoms. The molecule has 2 aliphatic rings. The summed E-state index contributed by atoms with van der Waals surface area (Å²) in [6.45, 7) is 0.850. The number of carbonyl (C=O) groups is 2. The molecule has 2 amide bonds. The first kappa shape index (κ1) is 23.8. The Morgan fingerprint density at radius 3 is 2.59 bits per heavy atom. The van der Waals surface area contributed by atoms with Gasteiger partial charge in [0, 0.05) is 25.5 Å². The fourth-order valence-corrected chi connectivity index (χ4v) is 3.93. The number of hydrogen-bond acceptors (Lipinski definition) is 4. The van der Waals surface area contributed by atoms with E-state index in [9.17, 15) is 22.8 Å². The number of rotatable bonds is 8. The van der Waals surface area contributed by atoms with E-state index in [0.29, 0.717) is 17.9 Å². The van der Waals surface area contributed by atoms with Crippen molar-refractivity contribution in [1.82, 2.24) is 15.2 Å². The van der Waals surface area contributed by atoms with Crippen LogP contribution < -0.4 is 10.2 Å². The Labute approximate surface area is 196 Å². The molecule has 0 spiro atoms. The highest BCUT2D eigenvalue weighted by atomic mass is 19.4. The molecule has 0 radical (unpaired) electrons. The normalized spacial score (nSPS) is 16.0. The SMILES string of the molecule is O=C(NCCCCC1CC1)c1ccc(N2C=CCN(C(=O)c3ccccc3C(F)(F)F)C2)nc1. The van der Waals surface area contributed by atoms with Crippen molar-refractivity contribution in [3.05, 3.63) is 71.6 Å². The number of pyridine rings is 1. The summed E-state index contributed by atoms with van der Waals surface area (Å²) in [5, 5.41) is 2.90. The third kappa shape index (κ3) is 5.95. The first-order valence-electron chi connectivity index (χ1n) is 11.5. The van der Waals surface area contributed by atoms with Crippen molar-refractivity contribution in [1.29, 1.82) is 0 Å². The zero-order chi connectivity index (χ0) is 24.1. The molecule has 6 nitrogen and oxygen atoms in total. The highest BCUT2D eigenvalue weighted by Crippen LogP contribution is 2.34. The number of nitrogens with one attached hydrogen (secondary N) is 1. The van der Waals surface area contributed by atoms with Crippen LogP contribution >= 0.6 is 0 Å². The lowest BCUT2D eigenvalue weighted by molar-refractivity contribution is -0.138. The van der Waals surface area contributed by atoms with Crippen LogP contribution in [0.1, 0.15) is 58.4 Å². The molecule has 1 fully saturated rings. The third-order valence-electron chi connectivity index (χ3n) is 6.01. The molecule has 1 aliphatic carbocycles. The number of benzene rings is 1. The van der Waals surface area contributed by atoms with Crippen molar-refractivity contribution in [3.8, 4) is 0 Å². The summed E-state index contributed by atoms with van der Waals surface area (Å²) in [5.41, 5.74) is -0.913. The second-order valence-corrected chi connectivity index (χ2v) is 8.67. The van der Waals surface area contributed by atoms with E-state index < -0.39 is 17.6 Å². The van der Waals surface area contributed by atoms with Gasteiger partial charge < -0.3 is 15.1 Å². The molecule has 0 saturated heterocycles. The Bertz CT molecular complexity index is 1050. The van der Waals surface area contributed by atoms with Crippen molar-refractivity contribution in [2.24, 2.45) is 5.92 Å². The summed E-state index contributed by atoms with van der Waals surface area (Å²) in [6.07, 6.45) is 6.22. The van der Waals surface area contributed by atoms with E-state index >= 15 is 0 Å². The molecule has 180 valence electrons.